The van der Waals surface area contributed by atoms with Gasteiger partial charge in [-0.2, -0.15) is 0 Å². The van der Waals surface area contributed by atoms with Crippen LogP contribution in [0.5, 0.6) is 0 Å². The second-order valence-electron chi connectivity index (χ2n) is 5.44. The highest BCUT2D eigenvalue weighted by atomic mass is 19.1. The van der Waals surface area contributed by atoms with Crippen molar-refractivity contribution >= 4 is 11.9 Å². The van der Waals surface area contributed by atoms with Crippen molar-refractivity contribution in [2.75, 3.05) is 0 Å². The first-order valence-electron chi connectivity index (χ1n) is 7.84. The predicted octanol–water partition coefficient (Wildman–Crippen LogP) is 3.49. The molecule has 0 saturated heterocycles. The molecular formula is C18H20FNO4. The number of hydrogen-bond donors (Lipinski definition) is 2. The van der Waals surface area contributed by atoms with Crippen LogP contribution in [0, 0.1) is 5.82 Å². The number of nitrogens with one attached hydrogen (secondary N) is 1. The Morgan fingerprint density at radius 2 is 1.88 bits per heavy atom. The maximum atomic E-state index is 13.0. The summed E-state index contributed by atoms with van der Waals surface area (Å²) >= 11 is 0. The Labute approximate surface area is 139 Å². The second kappa shape index (κ2) is 7.77. The van der Waals surface area contributed by atoms with Crippen molar-refractivity contribution in [3.8, 4) is 0 Å². The highest BCUT2D eigenvalue weighted by Gasteiger charge is 2.22. The fourth-order valence-corrected chi connectivity index (χ4v) is 2.53. The minimum Gasteiger partial charge on any atom is -0.481 e. The molecule has 2 aromatic rings. The van der Waals surface area contributed by atoms with Crippen LogP contribution in [0.25, 0.3) is 0 Å². The van der Waals surface area contributed by atoms with Crippen molar-refractivity contribution in [3.05, 3.63) is 58.8 Å². The zero-order valence-electron chi connectivity index (χ0n) is 13.6. The van der Waals surface area contributed by atoms with Gasteiger partial charge in [-0.3, -0.25) is 9.59 Å². The molecule has 0 bridgehead atoms. The lowest BCUT2D eigenvalue weighted by molar-refractivity contribution is -0.137. The minimum absolute atomic E-state index is 0.154. The summed E-state index contributed by atoms with van der Waals surface area (Å²) in [5.74, 6) is -1.07. The summed E-state index contributed by atoms with van der Waals surface area (Å²) in [5.41, 5.74) is 1.48. The molecule has 2 rings (SSSR count). The van der Waals surface area contributed by atoms with E-state index in [-0.39, 0.29) is 12.2 Å². The van der Waals surface area contributed by atoms with Crippen LogP contribution >= 0.6 is 0 Å². The zero-order valence-corrected chi connectivity index (χ0v) is 13.6. The molecule has 1 heterocycles. The van der Waals surface area contributed by atoms with Crippen LogP contribution in [0.1, 0.15) is 53.8 Å². The molecule has 24 heavy (non-hydrogen) atoms. The largest absolute Gasteiger partial charge is 0.481 e. The Kier molecular flexibility index (Phi) is 5.73. The van der Waals surface area contributed by atoms with Crippen LogP contribution in [0.4, 0.5) is 4.39 Å². The Hall–Kier alpha value is -2.63. The van der Waals surface area contributed by atoms with E-state index in [1.807, 2.05) is 13.8 Å². The molecule has 0 radical (unpaired) electrons. The number of amides is 1. The summed E-state index contributed by atoms with van der Waals surface area (Å²) in [4.78, 5) is 23.5. The highest BCUT2D eigenvalue weighted by Crippen LogP contribution is 2.21. The average Bonchev–Trinajstić information content (AvgIpc) is 2.98. The van der Waals surface area contributed by atoms with E-state index in [0.29, 0.717) is 12.0 Å². The van der Waals surface area contributed by atoms with Gasteiger partial charge >= 0.3 is 5.97 Å². The van der Waals surface area contributed by atoms with Crippen LogP contribution in [-0.4, -0.2) is 17.0 Å². The van der Waals surface area contributed by atoms with E-state index < -0.39 is 23.7 Å². The number of hydrogen-bond acceptors (Lipinski definition) is 3. The Balaban J connectivity index is 2.22. The van der Waals surface area contributed by atoms with Gasteiger partial charge < -0.3 is 14.8 Å². The summed E-state index contributed by atoms with van der Waals surface area (Å²) in [6, 6.07) is 6.29. The predicted molar refractivity (Wildman–Crippen MR) is 86.3 cm³/mol. The van der Waals surface area contributed by atoms with Crippen LogP contribution in [0.3, 0.4) is 0 Å². The second-order valence-corrected chi connectivity index (χ2v) is 5.44. The molecule has 2 N–H and O–H groups in total. The van der Waals surface area contributed by atoms with Gasteiger partial charge in [0.15, 0.2) is 5.76 Å². The van der Waals surface area contributed by atoms with Gasteiger partial charge in [0.1, 0.15) is 11.6 Å². The van der Waals surface area contributed by atoms with Gasteiger partial charge in [0.2, 0.25) is 0 Å². The lowest BCUT2D eigenvalue weighted by Crippen LogP contribution is -2.30. The zero-order chi connectivity index (χ0) is 17.7. The molecule has 0 fully saturated rings. The summed E-state index contributed by atoms with van der Waals surface area (Å²) in [5, 5.41) is 11.7. The highest BCUT2D eigenvalue weighted by molar-refractivity contribution is 5.92. The number of rotatable bonds is 7. The lowest BCUT2D eigenvalue weighted by atomic mass is 10.0. The molecule has 1 aromatic carbocycles. The van der Waals surface area contributed by atoms with E-state index in [1.165, 1.54) is 24.3 Å². The smallest absolute Gasteiger partial charge is 0.305 e. The Bertz CT molecular complexity index is 700. The monoisotopic (exact) mass is 333 g/mol. The van der Waals surface area contributed by atoms with Crippen molar-refractivity contribution in [2.45, 2.75) is 39.2 Å². The maximum absolute atomic E-state index is 13.0. The molecule has 0 saturated carbocycles. The van der Waals surface area contributed by atoms with E-state index in [1.54, 1.807) is 6.07 Å². The Morgan fingerprint density at radius 1 is 1.21 bits per heavy atom. The van der Waals surface area contributed by atoms with Crippen molar-refractivity contribution in [3.63, 3.8) is 0 Å². The third-order valence-corrected chi connectivity index (χ3v) is 3.78. The van der Waals surface area contributed by atoms with Gasteiger partial charge in [-0.05, 0) is 35.7 Å². The van der Waals surface area contributed by atoms with Crippen LogP contribution in [-0.2, 0) is 17.6 Å². The molecule has 5 nitrogen and oxygen atoms in total. The third-order valence-electron chi connectivity index (χ3n) is 3.78. The Morgan fingerprint density at radius 3 is 2.38 bits per heavy atom. The average molecular weight is 333 g/mol. The van der Waals surface area contributed by atoms with Gasteiger partial charge in [-0.25, -0.2) is 4.39 Å². The number of carbonyl (C=O) groups excluding carboxylic acids is 1. The first-order chi connectivity index (χ1) is 11.4. The molecule has 0 aliphatic carbocycles. The van der Waals surface area contributed by atoms with E-state index in [2.05, 4.69) is 5.32 Å². The number of aryl methyl sites for hydroxylation is 2. The fourth-order valence-electron chi connectivity index (χ4n) is 2.53. The number of benzene rings is 1. The fraction of sp³-hybridized carbons (Fsp3) is 0.333. The van der Waals surface area contributed by atoms with Crippen molar-refractivity contribution < 1.29 is 23.5 Å². The summed E-state index contributed by atoms with van der Waals surface area (Å²) in [7, 11) is 0. The number of halogens is 1. The van der Waals surface area contributed by atoms with Crippen molar-refractivity contribution in [1.29, 1.82) is 0 Å². The number of aliphatic carboxylic acids is 1. The standard InChI is InChI=1S/C18H20FNO4/c1-3-11-9-16(24-15(11)4-2)18(23)20-14(10-17(21)22)12-5-7-13(19)8-6-12/h5-9,14H,3-4,10H2,1-2H3,(H,20,23)(H,21,22). The topological polar surface area (TPSA) is 79.5 Å². The van der Waals surface area contributed by atoms with Crippen molar-refractivity contribution in [2.24, 2.45) is 0 Å². The van der Waals surface area contributed by atoms with Gasteiger partial charge in [-0.1, -0.05) is 26.0 Å². The molecular weight excluding hydrogens is 313 g/mol. The lowest BCUT2D eigenvalue weighted by Gasteiger charge is -2.16. The van der Waals surface area contributed by atoms with E-state index in [4.69, 9.17) is 9.52 Å². The first-order valence-corrected chi connectivity index (χ1v) is 7.84. The molecule has 128 valence electrons. The third kappa shape index (κ3) is 4.22. The summed E-state index contributed by atoms with van der Waals surface area (Å²) in [6.07, 6.45) is 1.11. The van der Waals surface area contributed by atoms with Crippen LogP contribution in [0.2, 0.25) is 0 Å². The molecule has 1 unspecified atom stereocenters. The first kappa shape index (κ1) is 17.7. The maximum Gasteiger partial charge on any atom is 0.305 e. The summed E-state index contributed by atoms with van der Waals surface area (Å²) in [6.45, 7) is 3.91. The van der Waals surface area contributed by atoms with Gasteiger partial charge in [0.05, 0.1) is 12.5 Å². The van der Waals surface area contributed by atoms with E-state index in [0.717, 1.165) is 17.7 Å². The minimum atomic E-state index is -1.06. The van der Waals surface area contributed by atoms with Crippen LogP contribution < -0.4 is 5.32 Å². The number of carboxylic acid groups (broad SMARTS) is 1. The molecule has 1 aromatic heterocycles. The normalized spacial score (nSPS) is 12.0. The number of carbonyl (C=O) groups is 2. The van der Waals surface area contributed by atoms with Crippen LogP contribution in [0.15, 0.2) is 34.7 Å². The molecule has 0 aliphatic heterocycles. The quantitative estimate of drug-likeness (QED) is 0.813. The molecule has 1 amide bonds. The van der Waals surface area contributed by atoms with Gasteiger partial charge in [0.25, 0.3) is 5.91 Å². The van der Waals surface area contributed by atoms with E-state index >= 15 is 0 Å². The van der Waals surface area contributed by atoms with Gasteiger partial charge in [-0.15, -0.1) is 0 Å². The molecule has 0 aliphatic rings. The van der Waals surface area contributed by atoms with Gasteiger partial charge in [0, 0.05) is 6.42 Å². The molecule has 0 spiro atoms. The number of carboxylic acids is 1. The molecule has 6 heteroatoms. The van der Waals surface area contributed by atoms with E-state index in [9.17, 15) is 14.0 Å². The molecule has 1 atom stereocenters. The van der Waals surface area contributed by atoms with Crippen molar-refractivity contribution in [1.82, 2.24) is 5.32 Å². The summed E-state index contributed by atoms with van der Waals surface area (Å²) < 4.78 is 18.6. The number of furan rings is 1. The SMILES string of the molecule is CCc1cc(C(=O)NC(CC(=O)O)c2ccc(F)cc2)oc1CC.